The second kappa shape index (κ2) is 6.42. The Bertz CT molecular complexity index is 444. The number of anilines is 2. The smallest absolute Gasteiger partial charge is 0.135 e. The van der Waals surface area contributed by atoms with Crippen molar-refractivity contribution in [2.75, 3.05) is 16.8 Å². The molecule has 4 heteroatoms. The lowest BCUT2D eigenvalue weighted by Crippen LogP contribution is -2.35. The lowest BCUT2D eigenvalue weighted by atomic mass is 10.1. The van der Waals surface area contributed by atoms with E-state index in [2.05, 4.69) is 55.9 Å². The van der Waals surface area contributed by atoms with Gasteiger partial charge in [-0.15, -0.1) is 0 Å². The predicted octanol–water partition coefficient (Wildman–Crippen LogP) is 3.80. The van der Waals surface area contributed by atoms with Gasteiger partial charge in [-0.2, -0.15) is 0 Å². The maximum Gasteiger partial charge on any atom is 0.135 e. The molecule has 20 heavy (non-hydrogen) atoms. The minimum Gasteiger partial charge on any atom is -0.370 e. The van der Waals surface area contributed by atoms with Crippen LogP contribution in [0.5, 0.6) is 0 Å². The third-order valence-electron chi connectivity index (χ3n) is 4.13. The van der Waals surface area contributed by atoms with E-state index in [0.29, 0.717) is 18.0 Å². The van der Waals surface area contributed by atoms with E-state index >= 15 is 0 Å². The van der Waals surface area contributed by atoms with Crippen molar-refractivity contribution in [3.05, 3.63) is 11.9 Å². The van der Waals surface area contributed by atoms with E-state index < -0.39 is 0 Å². The Morgan fingerprint density at radius 2 is 2.05 bits per heavy atom. The van der Waals surface area contributed by atoms with Crippen LogP contribution in [0.2, 0.25) is 0 Å². The fourth-order valence-electron chi connectivity index (χ4n) is 3.00. The lowest BCUT2D eigenvalue weighted by Gasteiger charge is -2.30. The van der Waals surface area contributed by atoms with Crippen molar-refractivity contribution in [3.8, 4) is 0 Å². The zero-order valence-electron chi connectivity index (χ0n) is 13.5. The standard InChI is InChI=1S/C16H28N4/c1-6-13-9-8-12(5)20(13)15-10-14(17-7-2)18-16(19-15)11(3)4/h10-13H,6-9H2,1-5H3,(H,17,18,19). The summed E-state index contributed by atoms with van der Waals surface area (Å²) in [5.41, 5.74) is 0. The van der Waals surface area contributed by atoms with Crippen LogP contribution in [0.25, 0.3) is 0 Å². The van der Waals surface area contributed by atoms with Crippen LogP contribution in [0.3, 0.4) is 0 Å². The number of aromatic nitrogens is 2. The van der Waals surface area contributed by atoms with Gasteiger partial charge in [-0.25, -0.2) is 9.97 Å². The SMILES string of the molecule is CCNc1cc(N2C(C)CCC2CC)nc(C(C)C)n1. The van der Waals surface area contributed by atoms with Crippen LogP contribution >= 0.6 is 0 Å². The molecular formula is C16H28N4. The Morgan fingerprint density at radius 1 is 1.30 bits per heavy atom. The zero-order valence-corrected chi connectivity index (χ0v) is 13.5. The van der Waals surface area contributed by atoms with Crippen molar-refractivity contribution < 1.29 is 0 Å². The Morgan fingerprint density at radius 3 is 2.65 bits per heavy atom. The molecule has 1 aromatic heterocycles. The summed E-state index contributed by atoms with van der Waals surface area (Å²) in [6.45, 7) is 11.9. The average molecular weight is 276 g/mol. The monoisotopic (exact) mass is 276 g/mol. The molecule has 2 rings (SSSR count). The summed E-state index contributed by atoms with van der Waals surface area (Å²) in [7, 11) is 0. The lowest BCUT2D eigenvalue weighted by molar-refractivity contribution is 0.616. The van der Waals surface area contributed by atoms with Crippen LogP contribution in [-0.2, 0) is 0 Å². The summed E-state index contributed by atoms with van der Waals surface area (Å²) >= 11 is 0. The minimum absolute atomic E-state index is 0.352. The molecule has 0 amide bonds. The number of hydrogen-bond donors (Lipinski definition) is 1. The molecule has 2 unspecified atom stereocenters. The van der Waals surface area contributed by atoms with Crippen LogP contribution in [0.1, 0.15) is 65.6 Å². The largest absolute Gasteiger partial charge is 0.370 e. The molecule has 4 nitrogen and oxygen atoms in total. The molecule has 112 valence electrons. The van der Waals surface area contributed by atoms with Gasteiger partial charge in [-0.05, 0) is 33.1 Å². The summed E-state index contributed by atoms with van der Waals surface area (Å²) in [5, 5.41) is 3.34. The summed E-state index contributed by atoms with van der Waals surface area (Å²) in [5.74, 6) is 3.34. The van der Waals surface area contributed by atoms with Crippen molar-refractivity contribution in [2.45, 2.75) is 71.9 Å². The first kappa shape index (κ1) is 15.1. The number of hydrogen-bond acceptors (Lipinski definition) is 4. The van der Waals surface area contributed by atoms with Crippen molar-refractivity contribution >= 4 is 11.6 Å². The second-order valence-electron chi connectivity index (χ2n) is 6.05. The molecule has 1 N–H and O–H groups in total. The van der Waals surface area contributed by atoms with E-state index in [9.17, 15) is 0 Å². The average Bonchev–Trinajstić information content (AvgIpc) is 2.79. The molecule has 0 bridgehead atoms. The van der Waals surface area contributed by atoms with Crippen LogP contribution in [0, 0.1) is 0 Å². The van der Waals surface area contributed by atoms with Crippen LogP contribution in [-0.4, -0.2) is 28.6 Å². The summed E-state index contributed by atoms with van der Waals surface area (Å²) in [6.07, 6.45) is 3.72. The van der Waals surface area contributed by atoms with Gasteiger partial charge in [0.1, 0.15) is 17.5 Å². The molecule has 1 aliphatic rings. The topological polar surface area (TPSA) is 41.0 Å². The van der Waals surface area contributed by atoms with E-state index in [1.54, 1.807) is 0 Å². The molecule has 1 saturated heterocycles. The first-order valence-corrected chi connectivity index (χ1v) is 7.98. The molecule has 1 aliphatic heterocycles. The molecule has 2 heterocycles. The Labute approximate surface area is 123 Å². The molecule has 0 saturated carbocycles. The highest BCUT2D eigenvalue weighted by atomic mass is 15.3. The molecule has 0 aliphatic carbocycles. The molecule has 0 aromatic carbocycles. The van der Waals surface area contributed by atoms with E-state index in [1.807, 2.05) is 0 Å². The van der Waals surface area contributed by atoms with Gasteiger partial charge in [0.2, 0.25) is 0 Å². The third kappa shape index (κ3) is 3.05. The molecule has 1 aromatic rings. The Balaban J connectivity index is 2.38. The highest BCUT2D eigenvalue weighted by Crippen LogP contribution is 2.32. The quantitative estimate of drug-likeness (QED) is 0.888. The van der Waals surface area contributed by atoms with Gasteiger partial charge >= 0.3 is 0 Å². The van der Waals surface area contributed by atoms with Gasteiger partial charge in [0.25, 0.3) is 0 Å². The summed E-state index contributed by atoms with van der Waals surface area (Å²) in [4.78, 5) is 11.9. The molecule has 0 radical (unpaired) electrons. The van der Waals surface area contributed by atoms with Crippen molar-refractivity contribution in [2.24, 2.45) is 0 Å². The highest BCUT2D eigenvalue weighted by molar-refractivity contribution is 5.51. The van der Waals surface area contributed by atoms with Gasteiger partial charge in [-0.1, -0.05) is 20.8 Å². The maximum absolute atomic E-state index is 4.82. The van der Waals surface area contributed by atoms with Crippen LogP contribution < -0.4 is 10.2 Å². The Hall–Kier alpha value is -1.32. The first-order chi connectivity index (χ1) is 9.56. The third-order valence-corrected chi connectivity index (χ3v) is 4.13. The fraction of sp³-hybridized carbons (Fsp3) is 0.750. The number of nitrogens with zero attached hydrogens (tertiary/aromatic N) is 3. The van der Waals surface area contributed by atoms with Gasteiger partial charge in [-0.3, -0.25) is 0 Å². The molecular weight excluding hydrogens is 248 g/mol. The van der Waals surface area contributed by atoms with Crippen molar-refractivity contribution in [3.63, 3.8) is 0 Å². The zero-order chi connectivity index (χ0) is 14.7. The molecule has 1 fully saturated rings. The predicted molar refractivity (Wildman–Crippen MR) is 85.5 cm³/mol. The van der Waals surface area contributed by atoms with Gasteiger partial charge < -0.3 is 10.2 Å². The fourth-order valence-corrected chi connectivity index (χ4v) is 3.00. The first-order valence-electron chi connectivity index (χ1n) is 7.98. The summed E-state index contributed by atoms with van der Waals surface area (Å²) in [6, 6.07) is 3.30. The van der Waals surface area contributed by atoms with E-state index in [4.69, 9.17) is 4.98 Å². The van der Waals surface area contributed by atoms with E-state index in [-0.39, 0.29) is 0 Å². The van der Waals surface area contributed by atoms with Crippen LogP contribution in [0.4, 0.5) is 11.6 Å². The molecule has 2 atom stereocenters. The van der Waals surface area contributed by atoms with E-state index in [0.717, 1.165) is 24.0 Å². The minimum atomic E-state index is 0.352. The van der Waals surface area contributed by atoms with Crippen molar-refractivity contribution in [1.82, 2.24) is 9.97 Å². The van der Waals surface area contributed by atoms with Crippen molar-refractivity contribution in [1.29, 1.82) is 0 Å². The maximum atomic E-state index is 4.82. The van der Waals surface area contributed by atoms with Crippen LogP contribution in [0.15, 0.2) is 6.07 Å². The highest BCUT2D eigenvalue weighted by Gasteiger charge is 2.31. The van der Waals surface area contributed by atoms with Gasteiger partial charge in [0.05, 0.1) is 0 Å². The van der Waals surface area contributed by atoms with Gasteiger partial charge in [0.15, 0.2) is 0 Å². The Kier molecular flexibility index (Phi) is 4.84. The van der Waals surface area contributed by atoms with Gasteiger partial charge in [0, 0.05) is 30.6 Å². The van der Waals surface area contributed by atoms with E-state index in [1.165, 1.54) is 19.3 Å². The number of rotatable bonds is 5. The number of nitrogens with one attached hydrogen (secondary N) is 1. The second-order valence-corrected chi connectivity index (χ2v) is 6.05. The normalized spacial score (nSPS) is 22.6. The summed E-state index contributed by atoms with van der Waals surface area (Å²) < 4.78 is 0. The molecule has 0 spiro atoms.